The molecule has 166 valence electrons. The molecular formula is C24H16I2N2O5. The van der Waals surface area contributed by atoms with Gasteiger partial charge in [0.1, 0.15) is 12.4 Å². The van der Waals surface area contributed by atoms with Crippen molar-refractivity contribution in [1.82, 2.24) is 0 Å². The second kappa shape index (κ2) is 10.00. The maximum Gasteiger partial charge on any atom is 0.363 e. The van der Waals surface area contributed by atoms with Crippen molar-refractivity contribution in [1.29, 1.82) is 0 Å². The number of nitro benzene ring substituents is 1. The third-order valence-electron chi connectivity index (χ3n) is 4.85. The molecule has 0 amide bonds. The van der Waals surface area contributed by atoms with E-state index in [1.807, 2.05) is 43.3 Å². The normalized spacial score (nSPS) is 14.2. The number of hydrogen-bond donors (Lipinski definition) is 0. The average Bonchev–Trinajstić information content (AvgIpc) is 3.13. The standard InChI is InChI=1S/C24H16I2N2O5/c1-14-4-2-3-5-18(14)23-27-21(24(29)33-23)12-16-10-19(25)22(20(26)11-16)32-13-15-6-8-17(9-7-15)28(30)31/h2-12H,13H2,1H3/b21-12-. The molecule has 0 spiro atoms. The first-order valence-corrected chi connectivity index (χ1v) is 11.9. The number of rotatable bonds is 6. The number of hydrogen-bond acceptors (Lipinski definition) is 6. The molecule has 3 aromatic carbocycles. The summed E-state index contributed by atoms with van der Waals surface area (Å²) in [7, 11) is 0. The first-order valence-electron chi connectivity index (χ1n) is 9.75. The van der Waals surface area contributed by atoms with Crippen molar-refractivity contribution in [2.45, 2.75) is 13.5 Å². The minimum Gasteiger partial charge on any atom is -0.487 e. The molecule has 0 radical (unpaired) electrons. The van der Waals surface area contributed by atoms with Crippen molar-refractivity contribution in [2.24, 2.45) is 4.99 Å². The molecule has 9 heteroatoms. The van der Waals surface area contributed by atoms with Crippen molar-refractivity contribution < 1.29 is 19.2 Å². The van der Waals surface area contributed by atoms with Crippen molar-refractivity contribution in [3.8, 4) is 5.75 Å². The third kappa shape index (κ3) is 5.41. The van der Waals surface area contributed by atoms with Crippen LogP contribution >= 0.6 is 45.2 Å². The van der Waals surface area contributed by atoms with Gasteiger partial charge in [-0.25, -0.2) is 9.79 Å². The smallest absolute Gasteiger partial charge is 0.363 e. The van der Waals surface area contributed by atoms with Crippen LogP contribution in [0.3, 0.4) is 0 Å². The number of non-ortho nitro benzene ring substituents is 1. The molecule has 0 atom stereocenters. The summed E-state index contributed by atoms with van der Waals surface area (Å²) < 4.78 is 13.1. The number of aliphatic imine (C=N–C) groups is 1. The summed E-state index contributed by atoms with van der Waals surface area (Å²) in [5.74, 6) is 0.517. The number of carbonyl (C=O) groups is 1. The van der Waals surface area contributed by atoms with Gasteiger partial charge in [-0.1, -0.05) is 18.2 Å². The highest BCUT2D eigenvalue weighted by molar-refractivity contribution is 14.1. The van der Waals surface area contributed by atoms with Gasteiger partial charge >= 0.3 is 5.97 Å². The second-order valence-electron chi connectivity index (χ2n) is 7.18. The predicted molar refractivity (Wildman–Crippen MR) is 141 cm³/mol. The Hall–Kier alpha value is -2.80. The van der Waals surface area contributed by atoms with E-state index in [4.69, 9.17) is 9.47 Å². The molecule has 0 unspecified atom stereocenters. The number of esters is 1. The van der Waals surface area contributed by atoms with E-state index >= 15 is 0 Å². The first-order chi connectivity index (χ1) is 15.8. The Morgan fingerprint density at radius 2 is 1.76 bits per heavy atom. The molecule has 1 heterocycles. The highest BCUT2D eigenvalue weighted by atomic mass is 127. The fraction of sp³-hybridized carbons (Fsp3) is 0.0833. The lowest BCUT2D eigenvalue weighted by molar-refractivity contribution is -0.384. The number of nitrogens with zero attached hydrogens (tertiary/aromatic N) is 2. The Bertz CT molecular complexity index is 1290. The fourth-order valence-electron chi connectivity index (χ4n) is 3.17. The van der Waals surface area contributed by atoms with E-state index in [0.717, 1.165) is 29.4 Å². The molecule has 3 aromatic rings. The molecule has 33 heavy (non-hydrogen) atoms. The van der Waals surface area contributed by atoms with Gasteiger partial charge in [0.05, 0.1) is 12.1 Å². The number of nitro groups is 1. The lowest BCUT2D eigenvalue weighted by Crippen LogP contribution is -2.06. The number of aryl methyl sites for hydroxylation is 1. The Labute approximate surface area is 217 Å². The van der Waals surface area contributed by atoms with Crippen LogP contribution in [0.2, 0.25) is 0 Å². The zero-order chi connectivity index (χ0) is 23.5. The molecule has 0 aliphatic carbocycles. The Balaban J connectivity index is 1.53. The molecule has 4 rings (SSSR count). The monoisotopic (exact) mass is 666 g/mol. The first kappa shape index (κ1) is 23.4. The molecule has 0 saturated carbocycles. The van der Waals surface area contributed by atoms with Gasteiger partial charge in [-0.15, -0.1) is 0 Å². The molecule has 0 fully saturated rings. The number of carbonyl (C=O) groups excluding carboxylic acids is 1. The Morgan fingerprint density at radius 1 is 1.09 bits per heavy atom. The quantitative estimate of drug-likeness (QED) is 0.105. The molecule has 1 aliphatic rings. The van der Waals surface area contributed by atoms with Gasteiger partial charge in [0, 0.05) is 17.7 Å². The van der Waals surface area contributed by atoms with Crippen LogP contribution in [0.15, 0.2) is 71.4 Å². The van der Waals surface area contributed by atoms with Gasteiger partial charge in [0.25, 0.3) is 5.69 Å². The third-order valence-corrected chi connectivity index (χ3v) is 6.45. The van der Waals surface area contributed by atoms with E-state index in [2.05, 4.69) is 50.2 Å². The number of ether oxygens (including phenoxy) is 2. The van der Waals surface area contributed by atoms with Crippen LogP contribution in [0.1, 0.15) is 22.3 Å². The van der Waals surface area contributed by atoms with Crippen LogP contribution in [0.5, 0.6) is 5.75 Å². The van der Waals surface area contributed by atoms with Crippen LogP contribution in [0.25, 0.3) is 6.08 Å². The summed E-state index contributed by atoms with van der Waals surface area (Å²) in [6, 6.07) is 17.7. The molecule has 0 bridgehead atoms. The average molecular weight is 666 g/mol. The minimum absolute atomic E-state index is 0.0407. The number of benzene rings is 3. The molecule has 7 nitrogen and oxygen atoms in total. The Morgan fingerprint density at radius 3 is 2.39 bits per heavy atom. The van der Waals surface area contributed by atoms with Crippen LogP contribution in [-0.2, 0) is 16.1 Å². The van der Waals surface area contributed by atoms with E-state index in [0.29, 0.717) is 11.6 Å². The topological polar surface area (TPSA) is 91.0 Å². The second-order valence-corrected chi connectivity index (χ2v) is 9.50. The maximum atomic E-state index is 12.4. The molecule has 1 aliphatic heterocycles. The minimum atomic E-state index is -0.489. The number of halogens is 2. The van der Waals surface area contributed by atoms with Gasteiger partial charge < -0.3 is 9.47 Å². The molecule has 0 aromatic heterocycles. The molecule has 0 N–H and O–H groups in total. The van der Waals surface area contributed by atoms with E-state index < -0.39 is 10.9 Å². The van der Waals surface area contributed by atoms with Crippen LogP contribution in [0.4, 0.5) is 5.69 Å². The summed E-state index contributed by atoms with van der Waals surface area (Å²) in [5.41, 5.74) is 3.66. The van der Waals surface area contributed by atoms with Crippen molar-refractivity contribution >= 4 is 68.8 Å². The number of cyclic esters (lactones) is 1. The lowest BCUT2D eigenvalue weighted by Gasteiger charge is -2.11. The van der Waals surface area contributed by atoms with Gasteiger partial charge in [0.2, 0.25) is 5.90 Å². The highest BCUT2D eigenvalue weighted by Crippen LogP contribution is 2.31. The summed E-state index contributed by atoms with van der Waals surface area (Å²) >= 11 is 4.36. The van der Waals surface area contributed by atoms with Gasteiger partial charge in [-0.2, -0.15) is 0 Å². The van der Waals surface area contributed by atoms with Gasteiger partial charge in [-0.3, -0.25) is 10.1 Å². The largest absolute Gasteiger partial charge is 0.487 e. The summed E-state index contributed by atoms with van der Waals surface area (Å²) in [5, 5.41) is 10.8. The van der Waals surface area contributed by atoms with Crippen LogP contribution in [-0.4, -0.2) is 16.8 Å². The summed E-state index contributed by atoms with van der Waals surface area (Å²) in [6.45, 7) is 2.22. The van der Waals surface area contributed by atoms with Crippen LogP contribution in [0, 0.1) is 24.2 Å². The van der Waals surface area contributed by atoms with Gasteiger partial charge in [-0.05, 0) is 105 Å². The lowest BCUT2D eigenvalue weighted by atomic mass is 10.1. The predicted octanol–water partition coefficient (Wildman–Crippen LogP) is 6.04. The summed E-state index contributed by atoms with van der Waals surface area (Å²) in [6.07, 6.45) is 1.69. The molecule has 0 saturated heterocycles. The van der Waals surface area contributed by atoms with E-state index in [1.54, 1.807) is 18.2 Å². The van der Waals surface area contributed by atoms with Gasteiger partial charge in [0.15, 0.2) is 5.70 Å². The van der Waals surface area contributed by atoms with E-state index in [-0.39, 0.29) is 18.0 Å². The van der Waals surface area contributed by atoms with E-state index in [1.165, 1.54) is 12.1 Å². The summed E-state index contributed by atoms with van der Waals surface area (Å²) in [4.78, 5) is 27.1. The van der Waals surface area contributed by atoms with Crippen molar-refractivity contribution in [3.63, 3.8) is 0 Å². The highest BCUT2D eigenvalue weighted by Gasteiger charge is 2.25. The fourth-order valence-corrected chi connectivity index (χ4v) is 5.29. The zero-order valence-corrected chi connectivity index (χ0v) is 21.6. The maximum absolute atomic E-state index is 12.4. The Kier molecular flexibility index (Phi) is 7.08. The van der Waals surface area contributed by atoms with Crippen molar-refractivity contribution in [2.75, 3.05) is 0 Å². The van der Waals surface area contributed by atoms with E-state index in [9.17, 15) is 14.9 Å². The SMILES string of the molecule is Cc1ccccc1C1=N/C(=C\c2cc(I)c(OCc3ccc([N+](=O)[O-])cc3)c(I)c2)C(=O)O1. The van der Waals surface area contributed by atoms with Crippen molar-refractivity contribution in [3.05, 3.63) is 106 Å². The zero-order valence-electron chi connectivity index (χ0n) is 17.2. The van der Waals surface area contributed by atoms with Crippen LogP contribution < -0.4 is 4.74 Å². The molecular weight excluding hydrogens is 650 g/mol.